The second-order valence-corrected chi connectivity index (χ2v) is 5.51. The lowest BCUT2D eigenvalue weighted by molar-refractivity contribution is -0.659. The molecule has 116 valence electrons. The largest absolute Gasteiger partial charge is 0.252 e. The Hall–Kier alpha value is -2.48. The van der Waals surface area contributed by atoms with Crippen LogP contribution in [0.5, 0.6) is 0 Å². The van der Waals surface area contributed by atoms with Crippen molar-refractivity contribution in [3.05, 3.63) is 72.1 Å². The van der Waals surface area contributed by atoms with E-state index in [1.165, 1.54) is 12.1 Å². The van der Waals surface area contributed by atoms with Gasteiger partial charge in [-0.05, 0) is 42.6 Å². The summed E-state index contributed by atoms with van der Waals surface area (Å²) in [4.78, 5) is 4.29. The Morgan fingerprint density at radius 3 is 2.61 bits per heavy atom. The van der Waals surface area contributed by atoms with Gasteiger partial charge in [0, 0.05) is 26.9 Å². The van der Waals surface area contributed by atoms with Crippen LogP contribution in [0.3, 0.4) is 0 Å². The van der Waals surface area contributed by atoms with Crippen LogP contribution in [0, 0.1) is 6.92 Å². The number of hydrogen-bond donors (Lipinski definition) is 0. The smallest absolute Gasteiger partial charge is 0.212 e. The Morgan fingerprint density at radius 2 is 1.87 bits per heavy atom. The molecule has 0 aliphatic heterocycles. The Balaban J connectivity index is 2.09. The Labute approximate surface area is 148 Å². The van der Waals surface area contributed by atoms with E-state index < -0.39 is 19.6 Å². The van der Waals surface area contributed by atoms with Gasteiger partial charge in [0.2, 0.25) is 5.69 Å². The summed E-state index contributed by atoms with van der Waals surface area (Å²) in [5, 5.41) is 0. The number of hydrogen-bond acceptors (Lipinski definition) is 1. The van der Waals surface area contributed by atoms with Crippen molar-refractivity contribution in [1.82, 2.24) is 4.98 Å². The molecule has 2 nitrogen and oxygen atoms in total. The number of aryl methyl sites for hydroxylation is 2. The number of rotatable bonds is 3. The minimum atomic E-state index is -3.07. The first-order valence-corrected chi connectivity index (χ1v) is 7.40. The first kappa shape index (κ1) is 8.97. The molecule has 0 saturated heterocycles. The summed E-state index contributed by atoms with van der Waals surface area (Å²) < 4.78 is 56.3. The van der Waals surface area contributed by atoms with E-state index in [0.717, 1.165) is 16.8 Å². The second kappa shape index (κ2) is 6.33. The highest BCUT2D eigenvalue weighted by Gasteiger charge is 2.14. The van der Waals surface area contributed by atoms with Gasteiger partial charge in [-0.15, -0.1) is 0 Å². The van der Waals surface area contributed by atoms with E-state index in [2.05, 4.69) is 4.98 Å². The van der Waals surface area contributed by atoms with Crippen molar-refractivity contribution in [3.8, 4) is 22.5 Å². The quantitative estimate of drug-likeness (QED) is 0.642. The molecule has 0 fully saturated rings. The standard InChI is InChI=1S/C21H23N2/c1-15(2)19-10-7-11-20(22-19)17-12-13-21(23(4)14-17)18-9-6-5-8-16(18)3/h5-15H,1-4H3/q+1/i1D3,2D3,15D. The molecule has 0 radical (unpaired) electrons. The lowest BCUT2D eigenvalue weighted by Gasteiger charge is -2.08. The molecule has 0 amide bonds. The zero-order valence-corrected chi connectivity index (χ0v) is 13.2. The van der Waals surface area contributed by atoms with Crippen LogP contribution >= 0.6 is 0 Å². The van der Waals surface area contributed by atoms with Crippen LogP contribution in [0.2, 0.25) is 0 Å². The van der Waals surface area contributed by atoms with Crippen LogP contribution < -0.4 is 4.57 Å². The molecule has 3 aromatic rings. The van der Waals surface area contributed by atoms with Gasteiger partial charge in [0.05, 0.1) is 11.3 Å². The van der Waals surface area contributed by atoms with Crippen LogP contribution in [0.25, 0.3) is 22.5 Å². The van der Waals surface area contributed by atoms with Crippen molar-refractivity contribution in [2.45, 2.75) is 26.5 Å². The highest BCUT2D eigenvalue weighted by molar-refractivity contribution is 5.64. The van der Waals surface area contributed by atoms with Gasteiger partial charge >= 0.3 is 0 Å². The molecule has 1 aromatic carbocycles. The molecule has 0 aliphatic carbocycles. The molecule has 2 heteroatoms. The average molecular weight is 310 g/mol. The number of pyridine rings is 2. The predicted molar refractivity (Wildman–Crippen MR) is 95.1 cm³/mol. The maximum absolute atomic E-state index is 8.34. The monoisotopic (exact) mass is 310 g/mol. The van der Waals surface area contributed by atoms with Crippen molar-refractivity contribution >= 4 is 0 Å². The molecule has 3 rings (SSSR count). The van der Waals surface area contributed by atoms with Gasteiger partial charge in [-0.1, -0.05) is 38.0 Å². The maximum atomic E-state index is 8.34. The minimum absolute atomic E-state index is 0.300. The Kier molecular flexibility index (Phi) is 2.47. The van der Waals surface area contributed by atoms with E-state index in [-0.39, 0.29) is 5.69 Å². The van der Waals surface area contributed by atoms with Crippen LogP contribution in [-0.2, 0) is 7.05 Å². The second-order valence-electron chi connectivity index (χ2n) is 5.51. The van der Waals surface area contributed by atoms with Gasteiger partial charge in [0.15, 0.2) is 6.20 Å². The average Bonchev–Trinajstić information content (AvgIpc) is 2.66. The summed E-state index contributed by atoms with van der Waals surface area (Å²) in [6.07, 6.45) is 1.85. The van der Waals surface area contributed by atoms with Gasteiger partial charge in [-0.25, -0.2) is 4.57 Å². The maximum Gasteiger partial charge on any atom is 0.212 e. The van der Waals surface area contributed by atoms with Crippen molar-refractivity contribution in [2.24, 2.45) is 7.05 Å². The number of aromatic nitrogens is 2. The molecule has 23 heavy (non-hydrogen) atoms. The third kappa shape index (κ3) is 3.16. The van der Waals surface area contributed by atoms with Gasteiger partial charge in [0.25, 0.3) is 0 Å². The molecule has 2 aromatic heterocycles. The third-order valence-electron chi connectivity index (χ3n) is 3.86. The summed E-state index contributed by atoms with van der Waals surface area (Å²) in [5.74, 6) is -2.82. The molecule has 0 saturated carbocycles. The Bertz CT molecular complexity index is 1060. The molecule has 0 atom stereocenters. The van der Waals surface area contributed by atoms with E-state index in [4.69, 9.17) is 9.60 Å². The number of benzene rings is 1. The van der Waals surface area contributed by atoms with E-state index in [1.54, 1.807) is 6.07 Å². The predicted octanol–water partition coefficient (Wildman–Crippen LogP) is 4.67. The Morgan fingerprint density at radius 1 is 1.04 bits per heavy atom. The van der Waals surface area contributed by atoms with Crippen LogP contribution in [0.1, 0.15) is 40.5 Å². The molecule has 0 N–H and O–H groups in total. The van der Waals surface area contributed by atoms with E-state index in [0.29, 0.717) is 11.3 Å². The number of nitrogens with zero attached hydrogens (tertiary/aromatic N) is 2. The molecular weight excluding hydrogens is 280 g/mol. The molecule has 2 heterocycles. The van der Waals surface area contributed by atoms with Crippen LogP contribution in [0.4, 0.5) is 0 Å². The van der Waals surface area contributed by atoms with Crippen LogP contribution in [-0.4, -0.2) is 4.98 Å². The van der Waals surface area contributed by atoms with E-state index >= 15 is 0 Å². The summed E-state index contributed by atoms with van der Waals surface area (Å²) in [7, 11) is 1.90. The van der Waals surface area contributed by atoms with Crippen molar-refractivity contribution in [1.29, 1.82) is 0 Å². The lowest BCUT2D eigenvalue weighted by atomic mass is 10.0. The van der Waals surface area contributed by atoms with Crippen LogP contribution in [0.15, 0.2) is 60.8 Å². The minimum Gasteiger partial charge on any atom is -0.252 e. The van der Waals surface area contributed by atoms with E-state index in [1.807, 2.05) is 61.1 Å². The zero-order chi connectivity index (χ0) is 22.3. The van der Waals surface area contributed by atoms with Gasteiger partial charge in [-0.2, -0.15) is 0 Å². The van der Waals surface area contributed by atoms with Gasteiger partial charge < -0.3 is 0 Å². The topological polar surface area (TPSA) is 16.8 Å². The summed E-state index contributed by atoms with van der Waals surface area (Å²) >= 11 is 0. The summed E-state index contributed by atoms with van der Waals surface area (Å²) in [6.45, 7) is -4.10. The third-order valence-corrected chi connectivity index (χ3v) is 3.86. The normalized spacial score (nSPS) is 17.0. The van der Waals surface area contributed by atoms with Crippen molar-refractivity contribution in [2.75, 3.05) is 0 Å². The van der Waals surface area contributed by atoms with Gasteiger partial charge in [0.1, 0.15) is 7.05 Å². The van der Waals surface area contributed by atoms with Gasteiger partial charge in [-0.3, -0.25) is 4.98 Å². The fourth-order valence-electron chi connectivity index (χ4n) is 2.63. The zero-order valence-electron chi connectivity index (χ0n) is 20.2. The fraction of sp³-hybridized carbons (Fsp3) is 0.238. The lowest BCUT2D eigenvalue weighted by Crippen LogP contribution is -2.30. The summed E-state index contributed by atoms with van der Waals surface area (Å²) in [5.41, 5.74) is 4.01. The molecule has 0 unspecified atom stereocenters. The fourth-order valence-corrected chi connectivity index (χ4v) is 2.63. The molecular formula is C21H23N2+. The SMILES string of the molecule is [2H]C([2H])([2H])C([2H])(c1cccc(-c2ccc(-c3ccccc3C)[n+](C)c2)n1)C([2H])([2H])[2H]. The first-order valence-electron chi connectivity index (χ1n) is 10.9. The van der Waals surface area contributed by atoms with Crippen molar-refractivity contribution < 1.29 is 14.2 Å². The van der Waals surface area contributed by atoms with E-state index in [9.17, 15) is 0 Å². The molecule has 0 spiro atoms. The first-order chi connectivity index (χ1) is 13.9. The highest BCUT2D eigenvalue weighted by Crippen LogP contribution is 2.23. The highest BCUT2D eigenvalue weighted by atomic mass is 14.9. The van der Waals surface area contributed by atoms with Crippen molar-refractivity contribution in [3.63, 3.8) is 0 Å². The molecule has 0 aliphatic rings. The molecule has 0 bridgehead atoms. The summed E-state index contributed by atoms with van der Waals surface area (Å²) in [6, 6.07) is 16.3.